The van der Waals surface area contributed by atoms with Gasteiger partial charge in [-0.1, -0.05) is 42.5 Å². The fourth-order valence-electron chi connectivity index (χ4n) is 3.18. The van der Waals surface area contributed by atoms with E-state index in [1.807, 2.05) is 65.5 Å². The molecule has 0 aliphatic carbocycles. The summed E-state index contributed by atoms with van der Waals surface area (Å²) in [4.78, 5) is 12.7. The molecule has 1 N–H and O–H groups in total. The molecule has 0 aliphatic rings. The van der Waals surface area contributed by atoms with Gasteiger partial charge in [0, 0.05) is 37.0 Å². The van der Waals surface area contributed by atoms with E-state index < -0.39 is 0 Å². The number of methoxy groups -OCH3 is 1. The molecule has 4 rings (SSSR count). The van der Waals surface area contributed by atoms with E-state index in [2.05, 4.69) is 10.4 Å². The summed E-state index contributed by atoms with van der Waals surface area (Å²) >= 11 is 0. The van der Waals surface area contributed by atoms with Crippen molar-refractivity contribution in [2.45, 2.75) is 19.7 Å². The molecule has 0 spiro atoms. The maximum atomic E-state index is 12.7. The molecule has 0 radical (unpaired) electrons. The lowest BCUT2D eigenvalue weighted by Crippen LogP contribution is -2.23. The first kappa shape index (κ1) is 18.0. The third-order valence-electron chi connectivity index (χ3n) is 4.57. The summed E-state index contributed by atoms with van der Waals surface area (Å²) in [6, 6.07) is 17.6. The number of furan rings is 1. The van der Waals surface area contributed by atoms with E-state index in [4.69, 9.17) is 9.15 Å². The van der Waals surface area contributed by atoms with Crippen molar-refractivity contribution in [3.05, 3.63) is 89.4 Å². The van der Waals surface area contributed by atoms with Crippen LogP contribution in [0, 0.1) is 0 Å². The molecule has 1 amide bonds. The minimum atomic E-state index is -0.246. The molecule has 142 valence electrons. The van der Waals surface area contributed by atoms with Gasteiger partial charge in [-0.25, -0.2) is 0 Å². The van der Waals surface area contributed by atoms with Crippen LogP contribution in [0.1, 0.15) is 27.2 Å². The molecule has 0 saturated carbocycles. The Balaban J connectivity index is 1.44. The zero-order valence-electron chi connectivity index (χ0n) is 15.6. The summed E-state index contributed by atoms with van der Waals surface area (Å²) in [6.45, 7) is 1.46. The predicted octanol–water partition coefficient (Wildman–Crippen LogP) is 3.75. The van der Waals surface area contributed by atoms with Crippen LogP contribution >= 0.6 is 0 Å². The summed E-state index contributed by atoms with van der Waals surface area (Å²) in [5, 5.41) is 8.04. The van der Waals surface area contributed by atoms with Crippen LogP contribution in [0.25, 0.3) is 11.0 Å². The first-order valence-corrected chi connectivity index (χ1v) is 9.07. The van der Waals surface area contributed by atoms with E-state index >= 15 is 0 Å². The molecule has 0 fully saturated rings. The number of carbonyl (C=O) groups is 1. The molecule has 6 nitrogen and oxygen atoms in total. The van der Waals surface area contributed by atoms with Crippen molar-refractivity contribution in [1.82, 2.24) is 15.1 Å². The number of carbonyl (C=O) groups excluding carboxylic acids is 1. The van der Waals surface area contributed by atoms with Gasteiger partial charge < -0.3 is 14.5 Å². The summed E-state index contributed by atoms with van der Waals surface area (Å²) < 4.78 is 12.9. The Labute approximate surface area is 162 Å². The van der Waals surface area contributed by atoms with E-state index in [1.54, 1.807) is 13.3 Å². The lowest BCUT2D eigenvalue weighted by Gasteiger charge is -2.07. The zero-order valence-corrected chi connectivity index (χ0v) is 15.6. The number of fused-ring (bicyclic) bond motifs is 1. The zero-order chi connectivity index (χ0) is 19.3. The molecule has 0 aliphatic heterocycles. The molecule has 6 heteroatoms. The molecular weight excluding hydrogens is 354 g/mol. The van der Waals surface area contributed by atoms with E-state index in [1.165, 1.54) is 0 Å². The smallest absolute Gasteiger partial charge is 0.287 e. The van der Waals surface area contributed by atoms with Crippen LogP contribution in [-0.4, -0.2) is 22.8 Å². The minimum Gasteiger partial charge on any atom is -0.451 e. The fourth-order valence-corrected chi connectivity index (χ4v) is 3.18. The number of hydrogen-bond acceptors (Lipinski definition) is 4. The summed E-state index contributed by atoms with van der Waals surface area (Å²) in [7, 11) is 1.61. The van der Waals surface area contributed by atoms with Crippen molar-refractivity contribution in [3.8, 4) is 0 Å². The van der Waals surface area contributed by atoms with Crippen molar-refractivity contribution >= 4 is 16.9 Å². The van der Waals surface area contributed by atoms with E-state index in [0.717, 1.165) is 28.6 Å². The highest BCUT2D eigenvalue weighted by Gasteiger charge is 2.20. The average molecular weight is 375 g/mol. The molecular formula is C22H21N3O3. The maximum Gasteiger partial charge on any atom is 0.287 e. The topological polar surface area (TPSA) is 69.3 Å². The summed E-state index contributed by atoms with van der Waals surface area (Å²) in [5.74, 6) is 0.0576. The molecule has 0 bridgehead atoms. The largest absolute Gasteiger partial charge is 0.451 e. The van der Waals surface area contributed by atoms with Gasteiger partial charge in [0.15, 0.2) is 5.76 Å². The van der Waals surface area contributed by atoms with Crippen LogP contribution in [0.2, 0.25) is 0 Å². The van der Waals surface area contributed by atoms with Crippen LogP contribution < -0.4 is 5.32 Å². The molecule has 2 aromatic carbocycles. The Bertz CT molecular complexity index is 1070. The highest BCUT2D eigenvalue weighted by Crippen LogP contribution is 2.26. The Morgan fingerprint density at radius 3 is 2.64 bits per heavy atom. The summed E-state index contributed by atoms with van der Waals surface area (Å²) in [5.41, 5.74) is 3.62. The summed E-state index contributed by atoms with van der Waals surface area (Å²) in [6.07, 6.45) is 3.69. The lowest BCUT2D eigenvalue weighted by molar-refractivity contribution is 0.0918. The molecule has 4 aromatic rings. The van der Waals surface area contributed by atoms with Crippen molar-refractivity contribution in [2.75, 3.05) is 7.11 Å². The number of amides is 1. The van der Waals surface area contributed by atoms with Crippen LogP contribution in [-0.2, 0) is 24.4 Å². The van der Waals surface area contributed by atoms with Crippen molar-refractivity contribution in [2.24, 2.45) is 0 Å². The Hall–Kier alpha value is -3.38. The highest BCUT2D eigenvalue weighted by atomic mass is 16.5. The second-order valence-electron chi connectivity index (χ2n) is 6.54. The van der Waals surface area contributed by atoms with Gasteiger partial charge >= 0.3 is 0 Å². The molecule has 0 saturated heterocycles. The Kier molecular flexibility index (Phi) is 5.21. The number of para-hydroxylation sites is 1. The average Bonchev–Trinajstić information content (AvgIpc) is 3.36. The van der Waals surface area contributed by atoms with Crippen molar-refractivity contribution in [1.29, 1.82) is 0 Å². The van der Waals surface area contributed by atoms with Crippen LogP contribution in [0.5, 0.6) is 0 Å². The SMILES string of the molecule is COCc1c(C(=O)NCc2ccc(Cn3cccn3)cc2)oc2ccccc12. The monoisotopic (exact) mass is 375 g/mol. The minimum absolute atomic E-state index is 0.246. The first-order valence-electron chi connectivity index (χ1n) is 9.07. The number of rotatable bonds is 7. The van der Waals surface area contributed by atoms with E-state index in [-0.39, 0.29) is 5.91 Å². The van der Waals surface area contributed by atoms with Gasteiger partial charge in [-0.05, 0) is 23.3 Å². The van der Waals surface area contributed by atoms with E-state index in [0.29, 0.717) is 24.5 Å². The molecule has 28 heavy (non-hydrogen) atoms. The van der Waals surface area contributed by atoms with Gasteiger partial charge in [0.1, 0.15) is 5.58 Å². The molecule has 0 unspecified atom stereocenters. The van der Waals surface area contributed by atoms with Crippen LogP contribution in [0.15, 0.2) is 71.4 Å². The quantitative estimate of drug-likeness (QED) is 0.534. The van der Waals surface area contributed by atoms with Crippen LogP contribution in [0.3, 0.4) is 0 Å². The number of benzene rings is 2. The van der Waals surface area contributed by atoms with E-state index in [9.17, 15) is 4.79 Å². The number of hydrogen-bond donors (Lipinski definition) is 1. The van der Waals surface area contributed by atoms with Gasteiger partial charge in [0.05, 0.1) is 13.2 Å². The second kappa shape index (κ2) is 8.10. The molecule has 0 atom stereocenters. The Morgan fingerprint density at radius 2 is 1.89 bits per heavy atom. The number of aromatic nitrogens is 2. The second-order valence-corrected chi connectivity index (χ2v) is 6.54. The maximum absolute atomic E-state index is 12.7. The predicted molar refractivity (Wildman–Crippen MR) is 106 cm³/mol. The van der Waals surface area contributed by atoms with Gasteiger partial charge in [-0.15, -0.1) is 0 Å². The van der Waals surface area contributed by atoms with Crippen LogP contribution in [0.4, 0.5) is 0 Å². The third-order valence-corrected chi connectivity index (χ3v) is 4.57. The van der Waals surface area contributed by atoms with Crippen molar-refractivity contribution in [3.63, 3.8) is 0 Å². The highest BCUT2D eigenvalue weighted by molar-refractivity contribution is 5.99. The molecule has 2 aromatic heterocycles. The van der Waals surface area contributed by atoms with Crippen molar-refractivity contribution < 1.29 is 13.9 Å². The first-order chi connectivity index (χ1) is 13.7. The molecule has 2 heterocycles. The third kappa shape index (κ3) is 3.82. The Morgan fingerprint density at radius 1 is 1.11 bits per heavy atom. The van der Waals surface area contributed by atoms with Gasteiger partial charge in [0.25, 0.3) is 5.91 Å². The van der Waals surface area contributed by atoms with Gasteiger partial charge in [-0.2, -0.15) is 5.10 Å². The van der Waals surface area contributed by atoms with Gasteiger partial charge in [-0.3, -0.25) is 9.48 Å². The van der Waals surface area contributed by atoms with Gasteiger partial charge in [0.2, 0.25) is 0 Å². The normalized spacial score (nSPS) is 11.0. The number of nitrogens with zero attached hydrogens (tertiary/aromatic N) is 2. The fraction of sp³-hybridized carbons (Fsp3) is 0.182. The number of nitrogens with one attached hydrogen (secondary N) is 1. The lowest BCUT2D eigenvalue weighted by atomic mass is 10.1. The standard InChI is InChI=1S/C22H21N3O3/c1-27-15-19-18-5-2-3-6-20(18)28-21(19)22(26)23-13-16-7-9-17(10-8-16)14-25-12-4-11-24-25/h2-12H,13-15H2,1H3,(H,23,26). The number of ether oxygens (including phenoxy) is 1.